The second-order valence-corrected chi connectivity index (χ2v) is 12.6. The topological polar surface area (TPSA) is 231 Å². The molecule has 14 heteroatoms. The van der Waals surface area contributed by atoms with Gasteiger partial charge in [-0.05, 0) is 19.9 Å². The molecule has 14 nitrogen and oxygen atoms in total. The summed E-state index contributed by atoms with van der Waals surface area (Å²) in [6, 6.07) is -1.08. The number of hydrogen-bond donors (Lipinski definition) is 7. The van der Waals surface area contributed by atoms with Crippen LogP contribution >= 0.6 is 0 Å². The molecule has 3 saturated heterocycles. The minimum atomic E-state index is -2.10. The van der Waals surface area contributed by atoms with Crippen LogP contribution in [0.15, 0.2) is 60.8 Å². The van der Waals surface area contributed by atoms with Gasteiger partial charge in [-0.1, -0.05) is 48.6 Å². The Labute approximate surface area is 273 Å². The highest BCUT2D eigenvalue weighted by Crippen LogP contribution is 2.39. The molecule has 0 aromatic carbocycles. The molecule has 0 amide bonds. The normalized spacial score (nSPS) is 46.6. The summed E-state index contributed by atoms with van der Waals surface area (Å²) >= 11 is 0. The number of aliphatic hydroxyl groups excluding tert-OH is 4. The van der Waals surface area contributed by atoms with E-state index in [0.29, 0.717) is 6.42 Å². The van der Waals surface area contributed by atoms with E-state index in [1.165, 1.54) is 12.2 Å². The first-order valence-electron chi connectivity index (χ1n) is 15.9. The largest absolute Gasteiger partial charge is 0.481 e. The van der Waals surface area contributed by atoms with Gasteiger partial charge in [-0.3, -0.25) is 4.79 Å². The van der Waals surface area contributed by atoms with Gasteiger partial charge in [0.15, 0.2) is 12.1 Å². The average Bonchev–Trinajstić information content (AvgIpc) is 3.72. The lowest BCUT2D eigenvalue weighted by atomic mass is 9.83. The van der Waals surface area contributed by atoms with Gasteiger partial charge in [0.25, 0.3) is 0 Å². The summed E-state index contributed by atoms with van der Waals surface area (Å²) in [5, 5.41) is 63.9. The summed E-state index contributed by atoms with van der Waals surface area (Å²) in [5.41, 5.74) is 5.98. The van der Waals surface area contributed by atoms with Crippen molar-refractivity contribution in [3.8, 4) is 0 Å². The van der Waals surface area contributed by atoms with Crippen LogP contribution < -0.4 is 5.73 Å². The molecule has 8 N–H and O–H groups in total. The Morgan fingerprint density at radius 3 is 2.36 bits per heavy atom. The quantitative estimate of drug-likeness (QED) is 0.157. The van der Waals surface area contributed by atoms with E-state index < -0.39 is 97.3 Å². The van der Waals surface area contributed by atoms with Gasteiger partial charge in [0.2, 0.25) is 0 Å². The summed E-state index contributed by atoms with van der Waals surface area (Å²) in [6.45, 7) is 3.34. The number of ether oxygens (including phenoxy) is 5. The van der Waals surface area contributed by atoms with Gasteiger partial charge in [0.05, 0.1) is 48.8 Å². The van der Waals surface area contributed by atoms with Crippen LogP contribution in [0.2, 0.25) is 0 Å². The third-order valence-corrected chi connectivity index (χ3v) is 8.58. The van der Waals surface area contributed by atoms with Crippen LogP contribution in [0.5, 0.6) is 0 Å². The number of carbonyl (C=O) groups is 2. The molecule has 0 aromatic rings. The maximum Gasteiger partial charge on any atom is 0.330 e. The average molecular weight is 666 g/mol. The Morgan fingerprint density at radius 1 is 0.936 bits per heavy atom. The number of fused-ring (bicyclic) bond motifs is 3. The number of carboxylic acids is 1. The highest BCUT2D eigenvalue weighted by atomic mass is 16.7. The van der Waals surface area contributed by atoms with E-state index >= 15 is 0 Å². The Bertz CT molecular complexity index is 1220. The fraction of sp³-hybridized carbons (Fsp3) is 0.636. The second-order valence-electron chi connectivity index (χ2n) is 12.6. The highest BCUT2D eigenvalue weighted by Gasteiger charge is 2.51. The Kier molecular flexibility index (Phi) is 13.1. The monoisotopic (exact) mass is 665 g/mol. The van der Waals surface area contributed by atoms with Crippen LogP contribution in [0.4, 0.5) is 0 Å². The van der Waals surface area contributed by atoms with E-state index in [4.69, 9.17) is 29.4 Å². The van der Waals surface area contributed by atoms with Gasteiger partial charge in [-0.15, -0.1) is 0 Å². The number of carboxylic acid groups (broad SMARTS) is 1. The van der Waals surface area contributed by atoms with Crippen molar-refractivity contribution in [1.82, 2.24) is 0 Å². The molecule has 262 valence electrons. The van der Waals surface area contributed by atoms with Crippen molar-refractivity contribution in [2.24, 2.45) is 11.7 Å². The lowest BCUT2D eigenvalue weighted by Gasteiger charge is -2.45. The number of allylic oxidation sites excluding steroid dienone is 6. The summed E-state index contributed by atoms with van der Waals surface area (Å²) < 4.78 is 28.5. The van der Waals surface area contributed by atoms with Crippen molar-refractivity contribution in [3.05, 3.63) is 60.8 Å². The van der Waals surface area contributed by atoms with Crippen molar-refractivity contribution in [3.63, 3.8) is 0 Å². The number of aliphatic hydroxyl groups is 5. The third-order valence-electron chi connectivity index (χ3n) is 8.58. The maximum absolute atomic E-state index is 12.3. The molecule has 0 saturated carbocycles. The highest BCUT2D eigenvalue weighted by molar-refractivity contribution is 5.82. The molecule has 0 aliphatic carbocycles. The van der Waals surface area contributed by atoms with Crippen LogP contribution in [0.1, 0.15) is 46.0 Å². The summed E-state index contributed by atoms with van der Waals surface area (Å²) in [5.74, 6) is -5.45. The predicted octanol–water partition coefficient (Wildman–Crippen LogP) is 0.120. The first kappa shape index (κ1) is 37.1. The van der Waals surface area contributed by atoms with Crippen LogP contribution in [0.25, 0.3) is 0 Å². The summed E-state index contributed by atoms with van der Waals surface area (Å²) in [4.78, 5) is 24.4. The summed E-state index contributed by atoms with van der Waals surface area (Å²) in [7, 11) is 0. The molecule has 0 radical (unpaired) electrons. The minimum absolute atomic E-state index is 0.0789. The van der Waals surface area contributed by atoms with Crippen molar-refractivity contribution in [2.75, 3.05) is 0 Å². The van der Waals surface area contributed by atoms with E-state index in [1.807, 2.05) is 6.08 Å². The Morgan fingerprint density at radius 2 is 1.64 bits per heavy atom. The first-order valence-corrected chi connectivity index (χ1v) is 15.9. The molecular weight excluding hydrogens is 618 g/mol. The molecule has 0 spiro atoms. The molecule has 4 rings (SSSR count). The van der Waals surface area contributed by atoms with Crippen LogP contribution in [-0.2, 0) is 33.3 Å². The van der Waals surface area contributed by atoms with E-state index in [1.54, 1.807) is 56.4 Å². The zero-order chi connectivity index (χ0) is 34.3. The molecule has 4 aliphatic heterocycles. The van der Waals surface area contributed by atoms with E-state index in [9.17, 15) is 40.2 Å². The van der Waals surface area contributed by atoms with Gasteiger partial charge in [0.1, 0.15) is 24.2 Å². The molecule has 47 heavy (non-hydrogen) atoms. The van der Waals surface area contributed by atoms with Crippen molar-refractivity contribution in [1.29, 1.82) is 0 Å². The van der Waals surface area contributed by atoms with Crippen molar-refractivity contribution < 1.29 is 63.9 Å². The van der Waals surface area contributed by atoms with Crippen LogP contribution in [0, 0.1) is 5.92 Å². The fourth-order valence-corrected chi connectivity index (χ4v) is 6.00. The SMILES string of the molecule is C[C@@H]1O[C@H](O[C@@H]2C=C\C=C/C=C/C=C/C[C@H](C)OC(=O)/C=C\[C@H]3O[C@@H]3C[C@H](O)C[C@]3(O)C[C@@H](O)[C@@H](C(=O)O)[C@H](C2)O3)[C@@H](O)[C@H](N)[C@@H]1O. The molecule has 4 heterocycles. The lowest BCUT2D eigenvalue weighted by molar-refractivity contribution is -0.308. The van der Waals surface area contributed by atoms with Gasteiger partial charge in [-0.25, -0.2) is 4.79 Å². The van der Waals surface area contributed by atoms with Gasteiger partial charge in [-0.2, -0.15) is 0 Å². The van der Waals surface area contributed by atoms with E-state index in [2.05, 4.69) is 0 Å². The number of cyclic esters (lactones) is 1. The van der Waals surface area contributed by atoms with Gasteiger partial charge in [0, 0.05) is 38.2 Å². The van der Waals surface area contributed by atoms with E-state index in [0.717, 1.165) is 0 Å². The molecule has 0 aromatic heterocycles. The number of aliphatic carboxylic acids is 1. The molecule has 0 unspecified atom stereocenters. The van der Waals surface area contributed by atoms with Crippen molar-refractivity contribution >= 4 is 11.9 Å². The molecule has 2 bridgehead atoms. The zero-order valence-corrected chi connectivity index (χ0v) is 26.4. The number of esters is 1. The minimum Gasteiger partial charge on any atom is -0.481 e. The second kappa shape index (κ2) is 16.6. The lowest BCUT2D eigenvalue weighted by Crippen LogP contribution is -2.61. The fourth-order valence-electron chi connectivity index (χ4n) is 6.00. The van der Waals surface area contributed by atoms with Crippen molar-refractivity contribution in [2.45, 2.75) is 125 Å². The van der Waals surface area contributed by atoms with E-state index in [-0.39, 0.29) is 25.4 Å². The number of hydrogen-bond acceptors (Lipinski definition) is 13. The van der Waals surface area contributed by atoms with Gasteiger partial charge < -0.3 is 60.1 Å². The number of rotatable bonds is 3. The maximum atomic E-state index is 12.3. The smallest absolute Gasteiger partial charge is 0.330 e. The summed E-state index contributed by atoms with van der Waals surface area (Å²) in [6.07, 6.45) is 5.25. The molecule has 4 aliphatic rings. The van der Waals surface area contributed by atoms with Gasteiger partial charge >= 0.3 is 11.9 Å². The Hall–Kier alpha value is -2.76. The molecular formula is C33H47NO13. The zero-order valence-electron chi connectivity index (χ0n) is 26.4. The predicted molar refractivity (Wildman–Crippen MR) is 165 cm³/mol. The number of carbonyl (C=O) groups excluding carboxylic acids is 1. The number of epoxide rings is 1. The van der Waals surface area contributed by atoms with Crippen LogP contribution in [0.3, 0.4) is 0 Å². The third kappa shape index (κ3) is 10.6. The standard InChI is InChI=1S/C33H47NO13/c1-18-10-8-6-4-3-5-7-9-11-21(45-32-30(39)28(34)29(38)19(2)44-32)15-25-27(31(40)41)22(36)17-33(42,47-25)16-20(35)14-24-23(46-24)12-13-26(37)43-18/h3-9,11-13,18-25,27-30,32,35-36,38-39,42H,10,14-17,34H2,1-2H3,(H,40,41)/b4-3+,7-5-,8-6+,11-9?,13-12-/t18-,19-,20-,21+,22+,23+,24+,25-,27+,28+,29+,30-,32+,33+/m0/s1. The number of nitrogens with two attached hydrogens (primary N) is 1. The first-order chi connectivity index (χ1) is 22.3. The molecule has 14 atom stereocenters. The molecule has 3 fully saturated rings. The Balaban J connectivity index is 1.58. The van der Waals surface area contributed by atoms with Crippen LogP contribution in [-0.4, -0.2) is 122 Å².